The summed E-state index contributed by atoms with van der Waals surface area (Å²) in [4.78, 5) is 16.1. The van der Waals surface area contributed by atoms with Gasteiger partial charge in [0, 0.05) is 19.1 Å². The van der Waals surface area contributed by atoms with Crippen LogP contribution in [0.1, 0.15) is 33.1 Å². The first-order valence-electron chi connectivity index (χ1n) is 6.56. The van der Waals surface area contributed by atoms with Crippen molar-refractivity contribution in [3.05, 3.63) is 0 Å². The van der Waals surface area contributed by atoms with Crippen LogP contribution in [0.15, 0.2) is 0 Å². The maximum absolute atomic E-state index is 11.8. The molecule has 0 aromatic carbocycles. The summed E-state index contributed by atoms with van der Waals surface area (Å²) >= 11 is 0. The molecule has 1 amide bonds. The summed E-state index contributed by atoms with van der Waals surface area (Å²) in [5.74, 6) is 0. The van der Waals surface area contributed by atoms with Gasteiger partial charge in [0.05, 0.1) is 12.2 Å². The van der Waals surface area contributed by atoms with Crippen LogP contribution in [0, 0.1) is 0 Å². The monoisotopic (exact) mass is 241 g/mol. The zero-order valence-electron chi connectivity index (χ0n) is 10.8. The van der Waals surface area contributed by atoms with Crippen molar-refractivity contribution < 1.29 is 9.53 Å². The first-order chi connectivity index (χ1) is 8.15. The largest absolute Gasteiger partial charge is 0.447 e. The molecular weight excluding hydrogens is 218 g/mol. The quantitative estimate of drug-likeness (QED) is 0.800. The van der Waals surface area contributed by atoms with Crippen molar-refractivity contribution >= 4 is 6.09 Å². The highest BCUT2D eigenvalue weighted by molar-refractivity contribution is 5.70. The van der Waals surface area contributed by atoms with E-state index >= 15 is 0 Å². The minimum Gasteiger partial charge on any atom is -0.447 e. The molecule has 98 valence electrons. The SMILES string of the molecule is CC(C)N1CCCCC1N1C(=O)OCC1CN. The Balaban J connectivity index is 2.14. The molecule has 0 spiro atoms. The summed E-state index contributed by atoms with van der Waals surface area (Å²) in [6.07, 6.45) is 3.40. The summed E-state index contributed by atoms with van der Waals surface area (Å²) in [5.41, 5.74) is 5.72. The van der Waals surface area contributed by atoms with Crippen molar-refractivity contribution in [3.63, 3.8) is 0 Å². The lowest BCUT2D eigenvalue weighted by atomic mass is 10.0. The second-order valence-corrected chi connectivity index (χ2v) is 5.18. The van der Waals surface area contributed by atoms with E-state index in [9.17, 15) is 4.79 Å². The molecule has 2 aliphatic heterocycles. The first kappa shape index (κ1) is 12.6. The number of cyclic esters (lactones) is 1. The molecule has 2 aliphatic rings. The number of nitrogens with two attached hydrogens (primary N) is 1. The Bertz CT molecular complexity index is 283. The van der Waals surface area contributed by atoms with E-state index in [1.54, 1.807) is 0 Å². The Morgan fingerprint density at radius 2 is 2.24 bits per heavy atom. The highest BCUT2D eigenvalue weighted by Gasteiger charge is 2.41. The Morgan fingerprint density at radius 1 is 1.47 bits per heavy atom. The molecular formula is C12H23N3O2. The first-order valence-corrected chi connectivity index (χ1v) is 6.56. The van der Waals surface area contributed by atoms with E-state index in [2.05, 4.69) is 18.7 Å². The maximum atomic E-state index is 11.8. The van der Waals surface area contributed by atoms with Crippen molar-refractivity contribution in [2.75, 3.05) is 19.7 Å². The van der Waals surface area contributed by atoms with Crippen molar-refractivity contribution in [1.82, 2.24) is 9.80 Å². The fourth-order valence-corrected chi connectivity index (χ4v) is 2.86. The van der Waals surface area contributed by atoms with Crippen LogP contribution in [0.5, 0.6) is 0 Å². The van der Waals surface area contributed by atoms with Crippen LogP contribution < -0.4 is 5.73 Å². The molecule has 0 radical (unpaired) electrons. The zero-order chi connectivity index (χ0) is 12.4. The summed E-state index contributed by atoms with van der Waals surface area (Å²) in [5, 5.41) is 0. The van der Waals surface area contributed by atoms with E-state index in [4.69, 9.17) is 10.5 Å². The number of ether oxygens (including phenoxy) is 1. The molecule has 5 heteroatoms. The zero-order valence-corrected chi connectivity index (χ0v) is 10.8. The molecule has 2 unspecified atom stereocenters. The Hall–Kier alpha value is -0.810. The normalized spacial score (nSPS) is 31.1. The third kappa shape index (κ3) is 2.40. The van der Waals surface area contributed by atoms with E-state index in [1.165, 1.54) is 12.8 Å². The number of piperidine rings is 1. The number of likely N-dealkylation sites (tertiary alicyclic amines) is 1. The topological polar surface area (TPSA) is 58.8 Å². The third-order valence-electron chi connectivity index (χ3n) is 3.77. The number of amides is 1. The molecule has 5 nitrogen and oxygen atoms in total. The highest BCUT2D eigenvalue weighted by atomic mass is 16.6. The van der Waals surface area contributed by atoms with Gasteiger partial charge in [-0.25, -0.2) is 4.79 Å². The van der Waals surface area contributed by atoms with Gasteiger partial charge in [-0.1, -0.05) is 0 Å². The Kier molecular flexibility index (Phi) is 3.89. The molecule has 0 aromatic rings. The fraction of sp³-hybridized carbons (Fsp3) is 0.917. The summed E-state index contributed by atoms with van der Waals surface area (Å²) in [7, 11) is 0. The van der Waals surface area contributed by atoms with Gasteiger partial charge in [-0.15, -0.1) is 0 Å². The van der Waals surface area contributed by atoms with Crippen LogP contribution in [-0.2, 0) is 4.74 Å². The predicted octanol–water partition coefficient (Wildman–Crippen LogP) is 0.986. The summed E-state index contributed by atoms with van der Waals surface area (Å²) in [6.45, 7) is 6.34. The molecule has 2 saturated heterocycles. The second kappa shape index (κ2) is 5.23. The van der Waals surface area contributed by atoms with Gasteiger partial charge in [-0.2, -0.15) is 0 Å². The lowest BCUT2D eigenvalue weighted by molar-refractivity contribution is 0.00783. The molecule has 17 heavy (non-hydrogen) atoms. The van der Waals surface area contributed by atoms with Crippen molar-refractivity contribution in [2.24, 2.45) is 5.73 Å². The maximum Gasteiger partial charge on any atom is 0.411 e. The van der Waals surface area contributed by atoms with Gasteiger partial charge in [-0.05, 0) is 33.1 Å². The number of hydrogen-bond donors (Lipinski definition) is 1. The number of carbonyl (C=O) groups is 1. The number of carbonyl (C=O) groups excluding carboxylic acids is 1. The van der Waals surface area contributed by atoms with Crippen LogP contribution >= 0.6 is 0 Å². The molecule has 2 N–H and O–H groups in total. The standard InChI is InChI=1S/C12H23N3O2/c1-9(2)14-6-4-3-5-11(14)15-10(7-13)8-17-12(15)16/h9-11H,3-8,13H2,1-2H3. The average molecular weight is 241 g/mol. The van der Waals surface area contributed by atoms with E-state index in [0.717, 1.165) is 13.0 Å². The van der Waals surface area contributed by atoms with Crippen LogP contribution in [0.3, 0.4) is 0 Å². The van der Waals surface area contributed by atoms with Gasteiger partial charge in [0.2, 0.25) is 0 Å². The van der Waals surface area contributed by atoms with Crippen molar-refractivity contribution in [2.45, 2.75) is 51.4 Å². The minimum atomic E-state index is -0.196. The molecule has 0 bridgehead atoms. The highest BCUT2D eigenvalue weighted by Crippen LogP contribution is 2.27. The Morgan fingerprint density at radius 3 is 2.88 bits per heavy atom. The van der Waals surface area contributed by atoms with E-state index in [0.29, 0.717) is 19.2 Å². The number of nitrogens with zero attached hydrogens (tertiary/aromatic N) is 2. The van der Waals surface area contributed by atoms with Crippen LogP contribution in [-0.4, -0.2) is 53.8 Å². The lowest BCUT2D eigenvalue weighted by Crippen LogP contribution is -2.57. The van der Waals surface area contributed by atoms with Gasteiger partial charge in [0.15, 0.2) is 0 Å². The molecule has 0 aliphatic carbocycles. The number of rotatable bonds is 3. The van der Waals surface area contributed by atoms with E-state index in [-0.39, 0.29) is 18.3 Å². The summed E-state index contributed by atoms with van der Waals surface area (Å²) < 4.78 is 5.13. The predicted molar refractivity (Wildman–Crippen MR) is 65.5 cm³/mol. The molecule has 2 fully saturated rings. The molecule has 2 atom stereocenters. The molecule has 2 rings (SSSR count). The molecule has 2 heterocycles. The molecule has 0 aromatic heterocycles. The smallest absolute Gasteiger partial charge is 0.411 e. The average Bonchev–Trinajstić information content (AvgIpc) is 2.70. The van der Waals surface area contributed by atoms with Crippen LogP contribution in [0.2, 0.25) is 0 Å². The van der Waals surface area contributed by atoms with Gasteiger partial charge in [0.25, 0.3) is 0 Å². The number of hydrogen-bond acceptors (Lipinski definition) is 4. The second-order valence-electron chi connectivity index (χ2n) is 5.18. The summed E-state index contributed by atoms with van der Waals surface area (Å²) in [6, 6.07) is 0.499. The molecule has 0 saturated carbocycles. The van der Waals surface area contributed by atoms with E-state index in [1.807, 2.05) is 4.90 Å². The van der Waals surface area contributed by atoms with Crippen molar-refractivity contribution in [3.8, 4) is 0 Å². The van der Waals surface area contributed by atoms with Crippen LogP contribution in [0.4, 0.5) is 4.79 Å². The van der Waals surface area contributed by atoms with Gasteiger partial charge < -0.3 is 10.5 Å². The Labute approximate surface area is 103 Å². The van der Waals surface area contributed by atoms with E-state index < -0.39 is 0 Å². The van der Waals surface area contributed by atoms with Crippen LogP contribution in [0.25, 0.3) is 0 Å². The fourth-order valence-electron chi connectivity index (χ4n) is 2.86. The third-order valence-corrected chi connectivity index (χ3v) is 3.77. The lowest BCUT2D eigenvalue weighted by Gasteiger charge is -2.43. The minimum absolute atomic E-state index is 0.0480. The van der Waals surface area contributed by atoms with Gasteiger partial charge in [-0.3, -0.25) is 9.80 Å². The van der Waals surface area contributed by atoms with Crippen molar-refractivity contribution in [1.29, 1.82) is 0 Å². The van der Waals surface area contributed by atoms with Gasteiger partial charge in [0.1, 0.15) is 6.61 Å². The van der Waals surface area contributed by atoms with Gasteiger partial charge >= 0.3 is 6.09 Å².